The molecule has 2 rings (SSSR count). The van der Waals surface area contributed by atoms with Crippen LogP contribution in [0.25, 0.3) is 0 Å². The Labute approximate surface area is 106 Å². The largest absolute Gasteiger partial charge is 0.273 e. The fourth-order valence-corrected chi connectivity index (χ4v) is 2.01. The Bertz CT molecular complexity index is 509. The van der Waals surface area contributed by atoms with Gasteiger partial charge in [0.25, 0.3) is 0 Å². The van der Waals surface area contributed by atoms with Crippen molar-refractivity contribution in [2.45, 2.75) is 18.9 Å². The number of benzene rings is 1. The molecule has 2 aromatic rings. The molecule has 96 valence electrons. The summed E-state index contributed by atoms with van der Waals surface area (Å²) in [5.74, 6) is 5.30. The SMILES string of the molecule is Cn1nccc1CCC(NN)c1cccc(F)c1. The first-order chi connectivity index (χ1) is 8.70. The first kappa shape index (κ1) is 12.7. The van der Waals surface area contributed by atoms with Gasteiger partial charge in [-0.05, 0) is 36.6 Å². The van der Waals surface area contributed by atoms with E-state index in [-0.39, 0.29) is 11.9 Å². The first-order valence-corrected chi connectivity index (χ1v) is 5.89. The zero-order valence-corrected chi connectivity index (χ0v) is 10.3. The number of nitrogens with two attached hydrogens (primary N) is 1. The number of nitrogens with one attached hydrogen (secondary N) is 1. The van der Waals surface area contributed by atoms with E-state index in [0.29, 0.717) is 0 Å². The molecule has 3 N–H and O–H groups in total. The van der Waals surface area contributed by atoms with Crippen LogP contribution in [-0.2, 0) is 13.5 Å². The highest BCUT2D eigenvalue weighted by Gasteiger charge is 2.11. The zero-order chi connectivity index (χ0) is 13.0. The van der Waals surface area contributed by atoms with Crippen LogP contribution in [0.3, 0.4) is 0 Å². The molecule has 5 heteroatoms. The second-order valence-electron chi connectivity index (χ2n) is 4.26. The summed E-state index contributed by atoms with van der Waals surface area (Å²) >= 11 is 0. The fraction of sp³-hybridized carbons (Fsp3) is 0.308. The summed E-state index contributed by atoms with van der Waals surface area (Å²) in [5.41, 5.74) is 4.72. The maximum atomic E-state index is 13.2. The second-order valence-corrected chi connectivity index (χ2v) is 4.26. The average Bonchev–Trinajstić information content (AvgIpc) is 2.76. The van der Waals surface area contributed by atoms with Gasteiger partial charge in [-0.1, -0.05) is 12.1 Å². The van der Waals surface area contributed by atoms with Crippen LogP contribution < -0.4 is 11.3 Å². The van der Waals surface area contributed by atoms with Crippen LogP contribution >= 0.6 is 0 Å². The average molecular weight is 248 g/mol. The topological polar surface area (TPSA) is 55.9 Å². The smallest absolute Gasteiger partial charge is 0.123 e. The third kappa shape index (κ3) is 2.94. The first-order valence-electron chi connectivity index (χ1n) is 5.89. The van der Waals surface area contributed by atoms with Crippen LogP contribution in [-0.4, -0.2) is 9.78 Å². The minimum Gasteiger partial charge on any atom is -0.273 e. The van der Waals surface area contributed by atoms with Gasteiger partial charge in [-0.25, -0.2) is 4.39 Å². The standard InChI is InChI=1S/C13H17FN4/c1-18-12(7-8-16-18)5-6-13(17-15)10-3-2-4-11(14)9-10/h2-4,7-9,13,17H,5-6,15H2,1H3. The zero-order valence-electron chi connectivity index (χ0n) is 10.3. The van der Waals surface area contributed by atoms with E-state index in [1.165, 1.54) is 12.1 Å². The van der Waals surface area contributed by atoms with Crippen LogP contribution in [0.15, 0.2) is 36.5 Å². The van der Waals surface area contributed by atoms with Gasteiger partial charge in [0.2, 0.25) is 0 Å². The Morgan fingerprint density at radius 3 is 2.89 bits per heavy atom. The molecule has 0 aliphatic rings. The molecule has 0 saturated carbocycles. The van der Waals surface area contributed by atoms with E-state index in [2.05, 4.69) is 10.5 Å². The van der Waals surface area contributed by atoms with Crippen LogP contribution in [0.1, 0.15) is 23.7 Å². The van der Waals surface area contributed by atoms with Crippen molar-refractivity contribution in [3.05, 3.63) is 53.6 Å². The van der Waals surface area contributed by atoms with Crippen molar-refractivity contribution < 1.29 is 4.39 Å². The number of aromatic nitrogens is 2. The summed E-state index contributed by atoms with van der Waals surface area (Å²) in [7, 11) is 1.91. The van der Waals surface area contributed by atoms with Crippen LogP contribution in [0.5, 0.6) is 0 Å². The molecule has 0 fully saturated rings. The second kappa shape index (κ2) is 5.75. The molecule has 0 bridgehead atoms. The molecule has 0 radical (unpaired) electrons. The molecule has 1 aromatic heterocycles. The molecule has 0 spiro atoms. The van der Waals surface area contributed by atoms with Crippen molar-refractivity contribution in [1.29, 1.82) is 0 Å². The molecular weight excluding hydrogens is 231 g/mol. The Hall–Kier alpha value is -1.72. The predicted octanol–water partition coefficient (Wildman–Crippen LogP) is 1.70. The molecule has 1 aromatic carbocycles. The number of aryl methyl sites for hydroxylation is 2. The normalized spacial score (nSPS) is 12.6. The van der Waals surface area contributed by atoms with Crippen molar-refractivity contribution in [3.8, 4) is 0 Å². The highest BCUT2D eigenvalue weighted by molar-refractivity contribution is 5.20. The quantitative estimate of drug-likeness (QED) is 0.625. The van der Waals surface area contributed by atoms with Crippen molar-refractivity contribution >= 4 is 0 Å². The van der Waals surface area contributed by atoms with E-state index in [1.807, 2.05) is 23.9 Å². The molecule has 0 amide bonds. The number of hydrazine groups is 1. The summed E-state index contributed by atoms with van der Waals surface area (Å²) in [6.45, 7) is 0. The minimum atomic E-state index is -0.242. The number of hydrogen-bond acceptors (Lipinski definition) is 3. The third-order valence-corrected chi connectivity index (χ3v) is 3.06. The summed E-state index contributed by atoms with van der Waals surface area (Å²) < 4.78 is 15.0. The lowest BCUT2D eigenvalue weighted by molar-refractivity contribution is 0.503. The number of nitrogens with zero attached hydrogens (tertiary/aromatic N) is 2. The molecule has 1 unspecified atom stereocenters. The van der Waals surface area contributed by atoms with Gasteiger partial charge in [0.05, 0.1) is 0 Å². The highest BCUT2D eigenvalue weighted by atomic mass is 19.1. The Morgan fingerprint density at radius 2 is 2.28 bits per heavy atom. The van der Waals surface area contributed by atoms with E-state index < -0.39 is 0 Å². The minimum absolute atomic E-state index is 0.0596. The van der Waals surface area contributed by atoms with Crippen molar-refractivity contribution in [2.75, 3.05) is 0 Å². The van der Waals surface area contributed by atoms with Gasteiger partial charge in [-0.15, -0.1) is 0 Å². The van der Waals surface area contributed by atoms with Gasteiger partial charge in [0.15, 0.2) is 0 Å². The molecule has 0 aliphatic heterocycles. The molecule has 0 saturated heterocycles. The Kier molecular flexibility index (Phi) is 4.07. The number of halogens is 1. The van der Waals surface area contributed by atoms with Crippen LogP contribution in [0, 0.1) is 5.82 Å². The number of rotatable bonds is 5. The van der Waals surface area contributed by atoms with E-state index in [9.17, 15) is 4.39 Å². The molecule has 18 heavy (non-hydrogen) atoms. The molecule has 1 heterocycles. The van der Waals surface area contributed by atoms with E-state index >= 15 is 0 Å². The predicted molar refractivity (Wildman–Crippen MR) is 68.0 cm³/mol. The molecule has 4 nitrogen and oxygen atoms in total. The van der Waals surface area contributed by atoms with Crippen molar-refractivity contribution in [3.63, 3.8) is 0 Å². The monoisotopic (exact) mass is 248 g/mol. The van der Waals surface area contributed by atoms with Gasteiger partial charge in [-0.3, -0.25) is 16.0 Å². The molecule has 0 aliphatic carbocycles. The van der Waals surface area contributed by atoms with Gasteiger partial charge >= 0.3 is 0 Å². The van der Waals surface area contributed by atoms with E-state index in [0.717, 1.165) is 24.1 Å². The van der Waals surface area contributed by atoms with Crippen molar-refractivity contribution in [1.82, 2.24) is 15.2 Å². The molecular formula is C13H17FN4. The van der Waals surface area contributed by atoms with Crippen LogP contribution in [0.2, 0.25) is 0 Å². The summed E-state index contributed by atoms with van der Waals surface area (Å²) in [6, 6.07) is 8.41. The Morgan fingerprint density at radius 1 is 1.44 bits per heavy atom. The maximum absolute atomic E-state index is 13.2. The lowest BCUT2D eigenvalue weighted by atomic mass is 10.0. The summed E-state index contributed by atoms with van der Waals surface area (Å²) in [5, 5.41) is 4.11. The lowest BCUT2D eigenvalue weighted by Gasteiger charge is -2.16. The summed E-state index contributed by atoms with van der Waals surface area (Å²) in [6.07, 6.45) is 3.39. The Balaban J connectivity index is 2.04. The van der Waals surface area contributed by atoms with E-state index in [1.54, 1.807) is 12.3 Å². The summed E-state index contributed by atoms with van der Waals surface area (Å²) in [4.78, 5) is 0. The lowest BCUT2D eigenvalue weighted by Crippen LogP contribution is -2.28. The van der Waals surface area contributed by atoms with E-state index in [4.69, 9.17) is 5.84 Å². The molecule has 1 atom stereocenters. The highest BCUT2D eigenvalue weighted by Crippen LogP contribution is 2.19. The van der Waals surface area contributed by atoms with Crippen molar-refractivity contribution in [2.24, 2.45) is 12.9 Å². The van der Waals surface area contributed by atoms with Gasteiger partial charge in [-0.2, -0.15) is 5.10 Å². The van der Waals surface area contributed by atoms with Gasteiger partial charge in [0.1, 0.15) is 5.82 Å². The third-order valence-electron chi connectivity index (χ3n) is 3.06. The van der Waals surface area contributed by atoms with Gasteiger partial charge < -0.3 is 0 Å². The fourth-order valence-electron chi connectivity index (χ4n) is 2.01. The maximum Gasteiger partial charge on any atom is 0.123 e. The number of hydrogen-bond donors (Lipinski definition) is 2. The van der Waals surface area contributed by atoms with Crippen LogP contribution in [0.4, 0.5) is 4.39 Å². The van der Waals surface area contributed by atoms with Gasteiger partial charge in [0, 0.05) is 25.0 Å².